The summed E-state index contributed by atoms with van der Waals surface area (Å²) in [7, 11) is 3.16. The number of benzene rings is 1. The van der Waals surface area contributed by atoms with E-state index in [9.17, 15) is 13.6 Å². The number of anilines is 1. The molecule has 1 atom stereocenters. The Morgan fingerprint density at radius 1 is 1.37 bits per heavy atom. The van der Waals surface area contributed by atoms with Crippen LogP contribution in [0.25, 0.3) is 11.3 Å². The maximum absolute atomic E-state index is 14.7. The highest BCUT2D eigenvalue weighted by molar-refractivity contribution is 5.67. The van der Waals surface area contributed by atoms with E-state index in [0.29, 0.717) is 23.7 Å². The third kappa shape index (κ3) is 4.30. The Labute approximate surface area is 156 Å². The van der Waals surface area contributed by atoms with Gasteiger partial charge >= 0.3 is 5.97 Å². The highest BCUT2D eigenvalue weighted by Gasteiger charge is 2.35. The summed E-state index contributed by atoms with van der Waals surface area (Å²) in [5.74, 6) is -1.56. The third-order valence-corrected chi connectivity index (χ3v) is 4.85. The number of hydrogen-bond acceptors (Lipinski definition) is 4. The first-order chi connectivity index (χ1) is 12.9. The number of rotatable bonds is 9. The van der Waals surface area contributed by atoms with Crippen LogP contribution in [0.4, 0.5) is 14.5 Å². The summed E-state index contributed by atoms with van der Waals surface area (Å²) < 4.78 is 40.4. The van der Waals surface area contributed by atoms with E-state index in [0.717, 1.165) is 18.4 Å². The van der Waals surface area contributed by atoms with Crippen LogP contribution >= 0.6 is 0 Å². The minimum Gasteiger partial charge on any atom is -0.481 e. The number of carbonyl (C=O) groups is 1. The number of hydrogen-bond donors (Lipinski definition) is 1. The molecule has 7 heteroatoms. The van der Waals surface area contributed by atoms with Gasteiger partial charge in [0.15, 0.2) is 0 Å². The van der Waals surface area contributed by atoms with Crippen LogP contribution in [0.1, 0.15) is 37.4 Å². The summed E-state index contributed by atoms with van der Waals surface area (Å²) in [6.07, 6.45) is 3.72. The molecule has 5 nitrogen and oxygen atoms in total. The van der Waals surface area contributed by atoms with Crippen molar-refractivity contribution in [2.45, 2.75) is 31.8 Å². The van der Waals surface area contributed by atoms with Crippen molar-refractivity contribution in [1.29, 1.82) is 0 Å². The fraction of sp³-hybridized carbons (Fsp3) is 0.450. The highest BCUT2D eigenvalue weighted by Crippen LogP contribution is 2.46. The van der Waals surface area contributed by atoms with Crippen LogP contribution in [0, 0.1) is 17.6 Å². The molecule has 1 heterocycles. The fourth-order valence-electron chi connectivity index (χ4n) is 3.39. The molecule has 3 rings (SSSR count). The largest absolute Gasteiger partial charge is 0.481 e. The van der Waals surface area contributed by atoms with Crippen molar-refractivity contribution >= 4 is 11.7 Å². The van der Waals surface area contributed by atoms with Gasteiger partial charge in [-0.3, -0.25) is 4.79 Å². The Balaban J connectivity index is 1.85. The van der Waals surface area contributed by atoms with Gasteiger partial charge in [-0.1, -0.05) is 0 Å². The Bertz CT molecular complexity index is 793. The normalized spacial score (nSPS) is 15.0. The van der Waals surface area contributed by atoms with Crippen molar-refractivity contribution in [2.75, 3.05) is 25.6 Å². The maximum Gasteiger partial charge on any atom is 0.303 e. The van der Waals surface area contributed by atoms with Gasteiger partial charge in [0.05, 0.1) is 12.4 Å². The summed E-state index contributed by atoms with van der Waals surface area (Å²) in [6, 6.07) is 4.27. The van der Waals surface area contributed by atoms with E-state index in [1.165, 1.54) is 30.3 Å². The molecule has 0 bridgehead atoms. The zero-order chi connectivity index (χ0) is 19.6. The van der Waals surface area contributed by atoms with Gasteiger partial charge in [-0.15, -0.1) is 0 Å². The second-order valence-electron chi connectivity index (χ2n) is 6.91. The van der Waals surface area contributed by atoms with E-state index in [-0.39, 0.29) is 24.8 Å². The van der Waals surface area contributed by atoms with E-state index >= 15 is 0 Å². The first kappa shape index (κ1) is 19.4. The van der Waals surface area contributed by atoms with Crippen LogP contribution in [0.3, 0.4) is 0 Å². The number of furan rings is 1. The van der Waals surface area contributed by atoms with Crippen LogP contribution in [-0.2, 0) is 9.53 Å². The van der Waals surface area contributed by atoms with Gasteiger partial charge in [-0.05, 0) is 43.4 Å². The molecule has 1 aliphatic carbocycles. The molecule has 0 aliphatic heterocycles. The van der Waals surface area contributed by atoms with Gasteiger partial charge in [0.2, 0.25) is 0 Å². The topological polar surface area (TPSA) is 62.9 Å². The van der Waals surface area contributed by atoms with Gasteiger partial charge in [0, 0.05) is 38.2 Å². The highest BCUT2D eigenvalue weighted by atomic mass is 19.1. The lowest BCUT2D eigenvalue weighted by Crippen LogP contribution is -2.22. The van der Waals surface area contributed by atoms with Gasteiger partial charge in [-0.25, -0.2) is 8.78 Å². The van der Waals surface area contributed by atoms with E-state index in [1.807, 2.05) is 0 Å². The molecule has 0 saturated heterocycles. The molecule has 1 unspecified atom stereocenters. The molecular weight excluding hydrogens is 356 g/mol. The third-order valence-electron chi connectivity index (χ3n) is 4.85. The molecule has 1 saturated carbocycles. The van der Waals surface area contributed by atoms with Crippen LogP contribution in [0.15, 0.2) is 28.9 Å². The SMILES string of the molecule is COC(c1ccoc1-c1cc(F)c(N(C)CCCC(=O)O)c(F)c1)C1CC1. The average Bonchev–Trinajstić information content (AvgIpc) is 3.31. The van der Waals surface area contributed by atoms with Gasteiger partial charge in [0.25, 0.3) is 0 Å². The number of halogens is 2. The Morgan fingerprint density at radius 3 is 2.59 bits per heavy atom. The van der Waals surface area contributed by atoms with Crippen molar-refractivity contribution in [1.82, 2.24) is 0 Å². The van der Waals surface area contributed by atoms with Gasteiger partial charge in [-0.2, -0.15) is 0 Å². The quantitative estimate of drug-likeness (QED) is 0.689. The van der Waals surface area contributed by atoms with Crippen molar-refractivity contribution in [3.05, 3.63) is 41.7 Å². The number of nitrogens with zero attached hydrogens (tertiary/aromatic N) is 1. The standard InChI is InChI=1S/C20H23F2NO4/c1-23(8-3-4-17(24)25)18-15(21)10-13(11-16(18)22)20-14(7-9-27-20)19(26-2)12-5-6-12/h7,9-12,19H,3-6,8H2,1-2H3,(H,24,25). The summed E-state index contributed by atoms with van der Waals surface area (Å²) in [5.41, 5.74) is 0.930. The van der Waals surface area contributed by atoms with Gasteiger partial charge < -0.3 is 19.2 Å². The predicted octanol–water partition coefficient (Wildman–Crippen LogP) is 4.62. The van der Waals surface area contributed by atoms with E-state index in [2.05, 4.69) is 0 Å². The lowest BCUT2D eigenvalue weighted by atomic mass is 10.0. The van der Waals surface area contributed by atoms with Crippen molar-refractivity contribution < 1.29 is 27.8 Å². The molecule has 1 aliphatic rings. The number of aliphatic carboxylic acids is 1. The molecular formula is C20H23F2NO4. The Kier molecular flexibility index (Phi) is 5.79. The van der Waals surface area contributed by atoms with E-state index in [1.54, 1.807) is 13.2 Å². The second kappa shape index (κ2) is 8.08. The van der Waals surface area contributed by atoms with E-state index in [4.69, 9.17) is 14.3 Å². The lowest BCUT2D eigenvalue weighted by Gasteiger charge is -2.21. The van der Waals surface area contributed by atoms with Gasteiger partial charge in [0.1, 0.15) is 23.1 Å². The number of carboxylic acid groups (broad SMARTS) is 1. The summed E-state index contributed by atoms with van der Waals surface area (Å²) in [5, 5.41) is 8.70. The molecule has 1 fully saturated rings. The molecule has 1 aromatic heterocycles. The molecule has 146 valence electrons. The molecule has 27 heavy (non-hydrogen) atoms. The number of carboxylic acids is 1. The first-order valence-electron chi connectivity index (χ1n) is 8.95. The minimum absolute atomic E-state index is 0.0546. The number of methoxy groups -OCH3 is 1. The van der Waals surface area contributed by atoms with Crippen LogP contribution in [0.5, 0.6) is 0 Å². The maximum atomic E-state index is 14.7. The first-order valence-corrected chi connectivity index (χ1v) is 8.95. The smallest absolute Gasteiger partial charge is 0.303 e. The van der Waals surface area contributed by atoms with Crippen LogP contribution < -0.4 is 4.90 Å². The summed E-state index contributed by atoms with van der Waals surface area (Å²) >= 11 is 0. The Hall–Kier alpha value is -2.41. The second-order valence-corrected chi connectivity index (χ2v) is 6.91. The zero-order valence-corrected chi connectivity index (χ0v) is 15.4. The minimum atomic E-state index is -0.937. The molecule has 0 spiro atoms. The lowest BCUT2D eigenvalue weighted by molar-refractivity contribution is -0.137. The fourth-order valence-corrected chi connectivity index (χ4v) is 3.39. The van der Waals surface area contributed by atoms with Crippen molar-refractivity contribution in [3.8, 4) is 11.3 Å². The molecule has 1 N–H and O–H groups in total. The summed E-state index contributed by atoms with van der Waals surface area (Å²) in [4.78, 5) is 12.0. The Morgan fingerprint density at radius 2 is 2.04 bits per heavy atom. The molecule has 0 amide bonds. The molecule has 1 aromatic carbocycles. The predicted molar refractivity (Wildman–Crippen MR) is 96.7 cm³/mol. The van der Waals surface area contributed by atoms with Crippen LogP contribution in [0.2, 0.25) is 0 Å². The monoisotopic (exact) mass is 379 g/mol. The number of ether oxygens (including phenoxy) is 1. The molecule has 2 aromatic rings. The summed E-state index contributed by atoms with van der Waals surface area (Å²) in [6.45, 7) is 0.235. The zero-order valence-electron chi connectivity index (χ0n) is 15.4. The van der Waals surface area contributed by atoms with Crippen molar-refractivity contribution in [2.24, 2.45) is 5.92 Å². The molecule has 0 radical (unpaired) electrons. The average molecular weight is 379 g/mol. The van der Waals surface area contributed by atoms with Crippen LogP contribution in [-0.4, -0.2) is 31.8 Å². The van der Waals surface area contributed by atoms with E-state index < -0.39 is 17.6 Å². The van der Waals surface area contributed by atoms with Crippen molar-refractivity contribution in [3.63, 3.8) is 0 Å².